The molecule has 4 nitrogen and oxygen atoms in total. The zero-order valence-electron chi connectivity index (χ0n) is 11.6. The molecule has 0 aromatic heterocycles. The van der Waals surface area contributed by atoms with E-state index >= 15 is 0 Å². The van der Waals surface area contributed by atoms with E-state index in [1.807, 2.05) is 31.2 Å². The van der Waals surface area contributed by atoms with Gasteiger partial charge in [0.05, 0.1) is 12.5 Å². The van der Waals surface area contributed by atoms with E-state index in [1.165, 1.54) is 0 Å². The van der Waals surface area contributed by atoms with E-state index in [2.05, 4.69) is 5.32 Å². The molecule has 1 saturated heterocycles. The normalized spacial score (nSPS) is 17.8. The lowest BCUT2D eigenvalue weighted by Gasteiger charge is -2.31. The second kappa shape index (κ2) is 6.06. The summed E-state index contributed by atoms with van der Waals surface area (Å²) in [7, 11) is 1.63. The van der Waals surface area contributed by atoms with Gasteiger partial charge in [-0.2, -0.15) is 0 Å². The summed E-state index contributed by atoms with van der Waals surface area (Å²) >= 11 is 0. The van der Waals surface area contributed by atoms with Crippen LogP contribution in [-0.2, 0) is 16.1 Å². The van der Waals surface area contributed by atoms with Crippen LogP contribution in [0.2, 0.25) is 0 Å². The van der Waals surface area contributed by atoms with Gasteiger partial charge in [0.25, 0.3) is 0 Å². The quantitative estimate of drug-likeness (QED) is 0.845. The first-order chi connectivity index (χ1) is 9.14. The molecule has 0 bridgehead atoms. The molecule has 2 rings (SSSR count). The number of nitrogens with one attached hydrogen (secondary N) is 1. The van der Waals surface area contributed by atoms with Gasteiger partial charge in [0.2, 0.25) is 0 Å². The van der Waals surface area contributed by atoms with Crippen LogP contribution in [0.25, 0.3) is 0 Å². The number of benzene rings is 1. The van der Waals surface area contributed by atoms with Crippen molar-refractivity contribution >= 4 is 5.97 Å². The maximum atomic E-state index is 12.1. The summed E-state index contributed by atoms with van der Waals surface area (Å²) in [6.45, 7) is 4.08. The molecule has 1 aliphatic heterocycles. The molecule has 0 unspecified atom stereocenters. The van der Waals surface area contributed by atoms with E-state index in [0.29, 0.717) is 6.61 Å². The molecule has 0 atom stereocenters. The standard InChI is InChI=1S/C15H21NO3/c1-15(7-9-16-10-8-15)14(17)19-11-12-3-5-13(18-2)6-4-12/h3-6,16H,7-11H2,1-2H3. The van der Waals surface area contributed by atoms with Crippen LogP contribution in [0.1, 0.15) is 25.3 Å². The summed E-state index contributed by atoms with van der Waals surface area (Å²) < 4.78 is 10.5. The Morgan fingerprint density at radius 3 is 2.47 bits per heavy atom. The van der Waals surface area contributed by atoms with E-state index in [0.717, 1.165) is 37.2 Å². The first-order valence-corrected chi connectivity index (χ1v) is 6.65. The van der Waals surface area contributed by atoms with E-state index in [9.17, 15) is 4.79 Å². The Kier molecular flexibility index (Phi) is 4.43. The van der Waals surface area contributed by atoms with Crippen molar-refractivity contribution in [2.45, 2.75) is 26.4 Å². The molecule has 1 aromatic rings. The molecule has 1 fully saturated rings. The van der Waals surface area contributed by atoms with Crippen LogP contribution in [-0.4, -0.2) is 26.2 Å². The minimum absolute atomic E-state index is 0.0928. The maximum absolute atomic E-state index is 12.1. The molecule has 0 spiro atoms. The van der Waals surface area contributed by atoms with Crippen LogP contribution in [0.4, 0.5) is 0 Å². The molecule has 0 aliphatic carbocycles. The number of hydrogen-bond donors (Lipinski definition) is 1. The van der Waals surface area contributed by atoms with Crippen LogP contribution in [0, 0.1) is 5.41 Å². The van der Waals surface area contributed by atoms with Crippen molar-refractivity contribution in [3.63, 3.8) is 0 Å². The summed E-state index contributed by atoms with van der Waals surface area (Å²) in [4.78, 5) is 12.1. The third-order valence-corrected chi connectivity index (χ3v) is 3.73. The number of esters is 1. The molecular weight excluding hydrogens is 242 g/mol. The summed E-state index contributed by atoms with van der Waals surface area (Å²) in [6, 6.07) is 7.57. The van der Waals surface area contributed by atoms with Crippen molar-refractivity contribution < 1.29 is 14.3 Å². The summed E-state index contributed by atoms with van der Waals surface area (Å²) in [5, 5.41) is 3.26. The molecule has 19 heavy (non-hydrogen) atoms. The van der Waals surface area contributed by atoms with Gasteiger partial charge in [0.15, 0.2) is 0 Å². The lowest BCUT2D eigenvalue weighted by atomic mass is 9.81. The zero-order chi connectivity index (χ0) is 13.7. The fourth-order valence-electron chi connectivity index (χ4n) is 2.23. The van der Waals surface area contributed by atoms with Gasteiger partial charge < -0.3 is 14.8 Å². The van der Waals surface area contributed by atoms with Gasteiger partial charge in [-0.25, -0.2) is 0 Å². The molecule has 0 saturated carbocycles. The number of piperidine rings is 1. The highest BCUT2D eigenvalue weighted by Crippen LogP contribution is 2.29. The lowest BCUT2D eigenvalue weighted by Crippen LogP contribution is -2.40. The van der Waals surface area contributed by atoms with E-state index < -0.39 is 0 Å². The maximum Gasteiger partial charge on any atom is 0.312 e. The molecule has 4 heteroatoms. The van der Waals surface area contributed by atoms with Gasteiger partial charge in [-0.15, -0.1) is 0 Å². The summed E-state index contributed by atoms with van der Waals surface area (Å²) in [6.07, 6.45) is 1.68. The molecule has 1 aliphatic rings. The van der Waals surface area contributed by atoms with Crippen LogP contribution in [0.3, 0.4) is 0 Å². The number of carbonyl (C=O) groups is 1. The van der Waals surface area contributed by atoms with Crippen LogP contribution < -0.4 is 10.1 Å². The molecule has 104 valence electrons. The zero-order valence-corrected chi connectivity index (χ0v) is 11.6. The molecular formula is C15H21NO3. The van der Waals surface area contributed by atoms with Crippen LogP contribution >= 0.6 is 0 Å². The van der Waals surface area contributed by atoms with Crippen molar-refractivity contribution in [3.8, 4) is 5.75 Å². The molecule has 0 amide bonds. The Morgan fingerprint density at radius 2 is 1.89 bits per heavy atom. The van der Waals surface area contributed by atoms with Gasteiger partial charge in [0, 0.05) is 0 Å². The average Bonchev–Trinajstić information content (AvgIpc) is 2.46. The second-order valence-corrected chi connectivity index (χ2v) is 5.23. The molecule has 1 aromatic carbocycles. The largest absolute Gasteiger partial charge is 0.497 e. The smallest absolute Gasteiger partial charge is 0.312 e. The summed E-state index contributed by atoms with van der Waals surface area (Å²) in [5.41, 5.74) is 0.643. The minimum atomic E-state index is -0.336. The Morgan fingerprint density at radius 1 is 1.26 bits per heavy atom. The Bertz CT molecular complexity index is 422. The van der Waals surface area contributed by atoms with Gasteiger partial charge in [-0.05, 0) is 50.6 Å². The molecule has 1 N–H and O–H groups in total. The van der Waals surface area contributed by atoms with E-state index in [1.54, 1.807) is 7.11 Å². The minimum Gasteiger partial charge on any atom is -0.497 e. The Labute approximate surface area is 114 Å². The van der Waals surface area contributed by atoms with Crippen molar-refractivity contribution in [2.24, 2.45) is 5.41 Å². The highest BCUT2D eigenvalue weighted by Gasteiger charge is 2.35. The average molecular weight is 263 g/mol. The second-order valence-electron chi connectivity index (χ2n) is 5.23. The fraction of sp³-hybridized carbons (Fsp3) is 0.533. The van der Waals surface area contributed by atoms with Gasteiger partial charge in [-0.3, -0.25) is 4.79 Å². The predicted octanol–water partition coefficient (Wildman–Crippen LogP) is 2.13. The first kappa shape index (κ1) is 13.9. The molecule has 1 heterocycles. The lowest BCUT2D eigenvalue weighted by molar-refractivity contribution is -0.157. The van der Waals surface area contributed by atoms with Crippen molar-refractivity contribution in [3.05, 3.63) is 29.8 Å². The third kappa shape index (κ3) is 3.47. The van der Waals surface area contributed by atoms with Gasteiger partial charge in [-0.1, -0.05) is 12.1 Å². The number of ether oxygens (including phenoxy) is 2. The monoisotopic (exact) mass is 263 g/mol. The SMILES string of the molecule is COc1ccc(COC(=O)C2(C)CCNCC2)cc1. The third-order valence-electron chi connectivity index (χ3n) is 3.73. The highest BCUT2D eigenvalue weighted by atomic mass is 16.5. The number of methoxy groups -OCH3 is 1. The van der Waals surface area contributed by atoms with E-state index in [4.69, 9.17) is 9.47 Å². The van der Waals surface area contributed by atoms with E-state index in [-0.39, 0.29) is 11.4 Å². The van der Waals surface area contributed by atoms with Crippen molar-refractivity contribution in [1.29, 1.82) is 0 Å². The van der Waals surface area contributed by atoms with Gasteiger partial charge in [0.1, 0.15) is 12.4 Å². The number of rotatable bonds is 4. The summed E-state index contributed by atoms with van der Waals surface area (Å²) in [5.74, 6) is 0.713. The van der Waals surface area contributed by atoms with Crippen molar-refractivity contribution in [1.82, 2.24) is 5.32 Å². The first-order valence-electron chi connectivity index (χ1n) is 6.65. The van der Waals surface area contributed by atoms with Crippen LogP contribution in [0.5, 0.6) is 5.75 Å². The Balaban J connectivity index is 1.88. The Hall–Kier alpha value is -1.55. The number of carbonyl (C=O) groups excluding carboxylic acids is 1. The molecule has 0 radical (unpaired) electrons. The highest BCUT2D eigenvalue weighted by molar-refractivity contribution is 5.76. The number of hydrogen-bond acceptors (Lipinski definition) is 4. The topological polar surface area (TPSA) is 47.6 Å². The predicted molar refractivity (Wildman–Crippen MR) is 73.0 cm³/mol. The van der Waals surface area contributed by atoms with Crippen molar-refractivity contribution in [2.75, 3.05) is 20.2 Å². The fourth-order valence-corrected chi connectivity index (χ4v) is 2.23. The van der Waals surface area contributed by atoms with Gasteiger partial charge >= 0.3 is 5.97 Å². The van der Waals surface area contributed by atoms with Crippen LogP contribution in [0.15, 0.2) is 24.3 Å².